The summed E-state index contributed by atoms with van der Waals surface area (Å²) in [5, 5.41) is 8.66. The van der Waals surface area contributed by atoms with E-state index in [2.05, 4.69) is 22.4 Å². The minimum atomic E-state index is 0.255. The second kappa shape index (κ2) is 6.57. The van der Waals surface area contributed by atoms with Crippen molar-refractivity contribution in [2.75, 3.05) is 18.1 Å². The smallest absolute Gasteiger partial charge is 0.232 e. The van der Waals surface area contributed by atoms with Gasteiger partial charge in [0, 0.05) is 33.2 Å². The highest BCUT2D eigenvalue weighted by Gasteiger charge is 2.33. The lowest BCUT2D eigenvalue weighted by atomic mass is 10.0. The highest BCUT2D eigenvalue weighted by Crippen LogP contribution is 2.33. The molecule has 1 N–H and O–H groups in total. The monoisotopic (exact) mass is 343 g/mol. The maximum atomic E-state index is 6.01. The number of benzene rings is 1. The van der Waals surface area contributed by atoms with Gasteiger partial charge in [-0.3, -0.25) is 0 Å². The number of hydrogen-bond donors (Lipinski definition) is 1. The minimum Gasteiger partial charge on any atom is -0.339 e. The van der Waals surface area contributed by atoms with Gasteiger partial charge in [0.05, 0.1) is 5.92 Å². The lowest BCUT2D eigenvalue weighted by molar-refractivity contribution is 0.340. The first-order chi connectivity index (χ1) is 10.2. The molecule has 1 fully saturated rings. The van der Waals surface area contributed by atoms with Crippen molar-refractivity contribution in [2.24, 2.45) is 0 Å². The molecule has 0 amide bonds. The summed E-state index contributed by atoms with van der Waals surface area (Å²) < 4.78 is 5.46. The van der Waals surface area contributed by atoms with Gasteiger partial charge in [0.15, 0.2) is 0 Å². The number of thioether (sulfide) groups is 1. The second-order valence-electron chi connectivity index (χ2n) is 4.92. The van der Waals surface area contributed by atoms with Crippen molar-refractivity contribution in [1.29, 1.82) is 0 Å². The maximum Gasteiger partial charge on any atom is 0.232 e. The summed E-state index contributed by atoms with van der Waals surface area (Å²) in [6.45, 7) is 3.04. The van der Waals surface area contributed by atoms with Crippen molar-refractivity contribution in [1.82, 2.24) is 15.5 Å². The summed E-state index contributed by atoms with van der Waals surface area (Å²) in [4.78, 5) is 4.53. The van der Waals surface area contributed by atoms with Gasteiger partial charge in [0.1, 0.15) is 0 Å². The van der Waals surface area contributed by atoms with Crippen molar-refractivity contribution in [3.05, 3.63) is 34.1 Å². The average molecular weight is 344 g/mol. The Hall–Kier alpha value is -0.750. The minimum absolute atomic E-state index is 0.255. The Kier molecular flexibility index (Phi) is 4.74. The molecule has 112 valence electrons. The molecule has 0 radical (unpaired) electrons. The van der Waals surface area contributed by atoms with Crippen LogP contribution in [0.15, 0.2) is 22.7 Å². The Morgan fingerprint density at radius 3 is 2.76 bits per heavy atom. The fourth-order valence-electron chi connectivity index (χ4n) is 2.45. The number of likely N-dealkylation sites (N-methyl/N-ethyl adjacent to an activating group) is 1. The van der Waals surface area contributed by atoms with Crippen molar-refractivity contribution in [2.45, 2.75) is 18.9 Å². The van der Waals surface area contributed by atoms with E-state index in [9.17, 15) is 0 Å². The first-order valence-corrected chi connectivity index (χ1v) is 8.69. The van der Waals surface area contributed by atoms with Gasteiger partial charge in [-0.05, 0) is 24.7 Å². The van der Waals surface area contributed by atoms with Crippen LogP contribution in [0.25, 0.3) is 11.4 Å². The van der Waals surface area contributed by atoms with E-state index < -0.39 is 0 Å². The predicted molar refractivity (Wildman–Crippen MR) is 87.3 cm³/mol. The van der Waals surface area contributed by atoms with E-state index in [0.717, 1.165) is 23.6 Å². The van der Waals surface area contributed by atoms with Gasteiger partial charge in [0.2, 0.25) is 11.7 Å². The molecule has 1 aliphatic rings. The molecule has 7 heteroatoms. The molecular formula is C14H15Cl2N3OS. The van der Waals surface area contributed by atoms with Gasteiger partial charge in [-0.2, -0.15) is 16.7 Å². The predicted octanol–water partition coefficient (Wildman–Crippen LogP) is 3.85. The van der Waals surface area contributed by atoms with Crippen LogP contribution >= 0.6 is 35.0 Å². The molecule has 2 heterocycles. The van der Waals surface area contributed by atoms with Crippen molar-refractivity contribution >= 4 is 35.0 Å². The van der Waals surface area contributed by atoms with Crippen LogP contribution in [0.2, 0.25) is 10.0 Å². The molecule has 0 bridgehead atoms. The molecular weight excluding hydrogens is 329 g/mol. The third-order valence-electron chi connectivity index (χ3n) is 3.43. The normalized spacial score (nSPS) is 21.9. The average Bonchev–Trinajstić information content (AvgIpc) is 3.06. The summed E-state index contributed by atoms with van der Waals surface area (Å²) in [7, 11) is 0. The summed E-state index contributed by atoms with van der Waals surface area (Å²) >= 11 is 13.9. The first kappa shape index (κ1) is 15.2. The van der Waals surface area contributed by atoms with Crippen molar-refractivity contribution in [3.63, 3.8) is 0 Å². The molecule has 1 aromatic carbocycles. The lowest BCUT2D eigenvalue weighted by Crippen LogP contribution is -2.34. The topological polar surface area (TPSA) is 51.0 Å². The number of nitrogens with zero attached hydrogens (tertiary/aromatic N) is 2. The molecule has 1 aromatic heterocycles. The van der Waals surface area contributed by atoms with Crippen LogP contribution in [0, 0.1) is 0 Å². The number of halogens is 2. The van der Waals surface area contributed by atoms with E-state index >= 15 is 0 Å². The molecule has 1 saturated heterocycles. The molecule has 0 aliphatic carbocycles. The van der Waals surface area contributed by atoms with Crippen molar-refractivity contribution in [3.8, 4) is 11.4 Å². The molecule has 1 aliphatic heterocycles. The fourth-order valence-corrected chi connectivity index (χ4v) is 4.34. The van der Waals surface area contributed by atoms with Gasteiger partial charge in [-0.15, -0.1) is 0 Å². The molecule has 4 nitrogen and oxygen atoms in total. The van der Waals surface area contributed by atoms with Crippen LogP contribution in [0.1, 0.15) is 18.7 Å². The summed E-state index contributed by atoms with van der Waals surface area (Å²) in [5.41, 5.74) is 0.771. The van der Waals surface area contributed by atoms with Crippen LogP contribution in [0.5, 0.6) is 0 Å². The van der Waals surface area contributed by atoms with Crippen LogP contribution in [-0.4, -0.2) is 34.2 Å². The van der Waals surface area contributed by atoms with E-state index in [0.29, 0.717) is 27.8 Å². The van der Waals surface area contributed by atoms with Gasteiger partial charge in [0.25, 0.3) is 0 Å². The van der Waals surface area contributed by atoms with Crippen molar-refractivity contribution < 1.29 is 4.52 Å². The molecule has 0 spiro atoms. The molecule has 2 atom stereocenters. The van der Waals surface area contributed by atoms with Crippen LogP contribution in [0.3, 0.4) is 0 Å². The van der Waals surface area contributed by atoms with Gasteiger partial charge >= 0.3 is 0 Å². The Bertz CT molecular complexity index is 614. The fraction of sp³-hybridized carbons (Fsp3) is 0.429. The lowest BCUT2D eigenvalue weighted by Gasteiger charge is -2.15. The molecule has 3 rings (SSSR count). The number of aromatic nitrogens is 2. The number of nitrogens with one attached hydrogen (secondary N) is 1. The standard InChI is InChI=1S/C14H15Cl2N3OS/c1-2-17-12-7-21-6-11(12)14-18-13(19-20-14)8-3-9(15)5-10(16)4-8/h3-5,11-12,17H,2,6-7H2,1H3. The quantitative estimate of drug-likeness (QED) is 0.913. The molecule has 2 aromatic rings. The second-order valence-corrected chi connectivity index (χ2v) is 6.87. The largest absolute Gasteiger partial charge is 0.339 e. The SMILES string of the molecule is CCNC1CSCC1c1nc(-c2cc(Cl)cc(Cl)c2)no1. The zero-order chi connectivity index (χ0) is 14.8. The van der Waals surface area contributed by atoms with E-state index in [1.807, 2.05) is 11.8 Å². The molecule has 21 heavy (non-hydrogen) atoms. The zero-order valence-electron chi connectivity index (χ0n) is 11.5. The Morgan fingerprint density at radius 2 is 2.05 bits per heavy atom. The first-order valence-electron chi connectivity index (χ1n) is 6.78. The molecule has 0 saturated carbocycles. The third-order valence-corrected chi connectivity index (χ3v) is 5.05. The number of rotatable bonds is 4. The van der Waals surface area contributed by atoms with Gasteiger partial charge < -0.3 is 9.84 Å². The third kappa shape index (κ3) is 3.37. The van der Waals surface area contributed by atoms with Gasteiger partial charge in [-0.25, -0.2) is 0 Å². The van der Waals surface area contributed by atoms with E-state index in [1.165, 1.54) is 0 Å². The Balaban J connectivity index is 1.86. The summed E-state index contributed by atoms with van der Waals surface area (Å²) in [5.74, 6) is 3.53. The van der Waals surface area contributed by atoms with E-state index in [-0.39, 0.29) is 5.92 Å². The van der Waals surface area contributed by atoms with Crippen LogP contribution in [0.4, 0.5) is 0 Å². The highest BCUT2D eigenvalue weighted by atomic mass is 35.5. The molecule has 2 unspecified atom stereocenters. The zero-order valence-corrected chi connectivity index (χ0v) is 13.8. The highest BCUT2D eigenvalue weighted by molar-refractivity contribution is 7.99. The summed E-state index contributed by atoms with van der Waals surface area (Å²) in [6, 6.07) is 5.64. The maximum absolute atomic E-state index is 6.01. The summed E-state index contributed by atoms with van der Waals surface area (Å²) in [6.07, 6.45) is 0. The van der Waals surface area contributed by atoms with E-state index in [1.54, 1.807) is 18.2 Å². The van der Waals surface area contributed by atoms with Gasteiger partial charge in [-0.1, -0.05) is 35.3 Å². The van der Waals surface area contributed by atoms with Crippen LogP contribution < -0.4 is 5.32 Å². The number of hydrogen-bond acceptors (Lipinski definition) is 5. The Labute approximate surface area is 137 Å². The Morgan fingerprint density at radius 1 is 1.29 bits per heavy atom. The van der Waals surface area contributed by atoms with Crippen LogP contribution in [-0.2, 0) is 0 Å². The van der Waals surface area contributed by atoms with E-state index in [4.69, 9.17) is 27.7 Å².